The molecular formula is C21H26O5S. The number of carbonyl (C=O) groups excluding carboxylic acids is 1. The van der Waals surface area contributed by atoms with Gasteiger partial charge in [0.2, 0.25) is 0 Å². The standard InChI is InChI=1S/C21H26O5S/c1-14(2)13-20(15(3)4)16-5-9-18(10-6-16)26-21(22)17-7-11-19(12-8-17)27(23,24)25/h5-12,14-15,20H,13H2,1-4H3,(H,23,24,25). The fourth-order valence-electron chi connectivity index (χ4n) is 3.01. The van der Waals surface area contributed by atoms with E-state index in [0.717, 1.165) is 18.6 Å². The number of ether oxygens (including phenoxy) is 1. The zero-order valence-corrected chi connectivity index (χ0v) is 16.9. The zero-order chi connectivity index (χ0) is 20.2. The molecule has 5 nitrogen and oxygen atoms in total. The van der Waals surface area contributed by atoms with Gasteiger partial charge in [-0.3, -0.25) is 4.55 Å². The minimum Gasteiger partial charge on any atom is -0.423 e. The van der Waals surface area contributed by atoms with E-state index in [0.29, 0.717) is 23.5 Å². The van der Waals surface area contributed by atoms with Crippen molar-refractivity contribution in [3.05, 3.63) is 59.7 Å². The van der Waals surface area contributed by atoms with Gasteiger partial charge >= 0.3 is 5.97 Å². The molecule has 2 rings (SSSR count). The third-order valence-corrected chi connectivity index (χ3v) is 5.30. The second kappa shape index (κ2) is 8.67. The van der Waals surface area contributed by atoms with Crippen molar-refractivity contribution in [2.45, 2.75) is 44.9 Å². The summed E-state index contributed by atoms with van der Waals surface area (Å²) in [5, 5.41) is 0. The van der Waals surface area contributed by atoms with Crippen LogP contribution in [0.5, 0.6) is 5.75 Å². The Morgan fingerprint density at radius 3 is 1.96 bits per heavy atom. The summed E-state index contributed by atoms with van der Waals surface area (Å²) in [6.07, 6.45) is 1.09. The van der Waals surface area contributed by atoms with E-state index < -0.39 is 16.1 Å². The summed E-state index contributed by atoms with van der Waals surface area (Å²) in [5.41, 5.74) is 1.42. The molecular weight excluding hydrogens is 364 g/mol. The highest BCUT2D eigenvalue weighted by Gasteiger charge is 2.18. The van der Waals surface area contributed by atoms with Crippen LogP contribution >= 0.6 is 0 Å². The van der Waals surface area contributed by atoms with E-state index in [1.807, 2.05) is 12.1 Å². The first-order valence-electron chi connectivity index (χ1n) is 8.97. The van der Waals surface area contributed by atoms with Gasteiger partial charge in [-0.1, -0.05) is 39.8 Å². The van der Waals surface area contributed by atoms with Crippen LogP contribution < -0.4 is 4.74 Å². The number of rotatable bonds is 7. The van der Waals surface area contributed by atoms with Crippen LogP contribution in [0, 0.1) is 11.8 Å². The Labute approximate surface area is 161 Å². The summed E-state index contributed by atoms with van der Waals surface area (Å²) in [6, 6.07) is 12.4. The van der Waals surface area contributed by atoms with Crippen LogP contribution in [0.25, 0.3) is 0 Å². The van der Waals surface area contributed by atoms with Gasteiger partial charge in [0.15, 0.2) is 0 Å². The Bertz CT molecular complexity index is 866. The molecule has 146 valence electrons. The SMILES string of the molecule is CC(C)CC(c1ccc(OC(=O)c2ccc(S(=O)(=O)O)cc2)cc1)C(C)C. The van der Waals surface area contributed by atoms with E-state index in [4.69, 9.17) is 9.29 Å². The molecule has 0 saturated heterocycles. The molecule has 0 aliphatic heterocycles. The van der Waals surface area contributed by atoms with E-state index in [1.54, 1.807) is 12.1 Å². The van der Waals surface area contributed by atoms with Crippen molar-refractivity contribution in [1.82, 2.24) is 0 Å². The second-order valence-corrected chi connectivity index (χ2v) is 8.86. The highest BCUT2D eigenvalue weighted by molar-refractivity contribution is 7.85. The van der Waals surface area contributed by atoms with Crippen molar-refractivity contribution in [3.8, 4) is 5.75 Å². The first-order valence-corrected chi connectivity index (χ1v) is 10.4. The molecule has 0 radical (unpaired) electrons. The third-order valence-electron chi connectivity index (χ3n) is 4.44. The maximum atomic E-state index is 12.2. The molecule has 0 bridgehead atoms. The first-order chi connectivity index (χ1) is 12.6. The quantitative estimate of drug-likeness (QED) is 0.411. The largest absolute Gasteiger partial charge is 0.423 e. The molecule has 0 saturated carbocycles. The topological polar surface area (TPSA) is 80.7 Å². The molecule has 0 aliphatic carbocycles. The molecule has 2 aromatic carbocycles. The Morgan fingerprint density at radius 2 is 1.52 bits per heavy atom. The van der Waals surface area contributed by atoms with Crippen molar-refractivity contribution in [2.24, 2.45) is 11.8 Å². The normalized spacial score (nSPS) is 13.0. The maximum absolute atomic E-state index is 12.2. The predicted molar refractivity (Wildman–Crippen MR) is 105 cm³/mol. The molecule has 0 aliphatic rings. The molecule has 27 heavy (non-hydrogen) atoms. The van der Waals surface area contributed by atoms with E-state index >= 15 is 0 Å². The number of hydrogen-bond donors (Lipinski definition) is 1. The van der Waals surface area contributed by atoms with Gasteiger partial charge in [-0.15, -0.1) is 0 Å². The van der Waals surface area contributed by atoms with Crippen molar-refractivity contribution in [1.29, 1.82) is 0 Å². The van der Waals surface area contributed by atoms with Gasteiger partial charge in [-0.2, -0.15) is 8.42 Å². The molecule has 6 heteroatoms. The summed E-state index contributed by atoms with van der Waals surface area (Å²) in [4.78, 5) is 11.9. The summed E-state index contributed by atoms with van der Waals surface area (Å²) < 4.78 is 36.4. The fourth-order valence-corrected chi connectivity index (χ4v) is 3.49. The highest BCUT2D eigenvalue weighted by atomic mass is 32.2. The van der Waals surface area contributed by atoms with E-state index in [9.17, 15) is 13.2 Å². The third kappa shape index (κ3) is 5.91. The van der Waals surface area contributed by atoms with Crippen molar-refractivity contribution in [2.75, 3.05) is 0 Å². The monoisotopic (exact) mass is 390 g/mol. The van der Waals surface area contributed by atoms with Crippen molar-refractivity contribution >= 4 is 16.1 Å². The Kier molecular flexibility index (Phi) is 6.78. The van der Waals surface area contributed by atoms with Gasteiger partial charge in [-0.05, 0) is 66.1 Å². The number of esters is 1. The zero-order valence-electron chi connectivity index (χ0n) is 16.0. The average molecular weight is 391 g/mol. The van der Waals surface area contributed by atoms with E-state index in [-0.39, 0.29) is 10.5 Å². The summed E-state index contributed by atoms with van der Waals surface area (Å²) in [7, 11) is -4.29. The minimum absolute atomic E-state index is 0.200. The second-order valence-electron chi connectivity index (χ2n) is 7.44. The van der Waals surface area contributed by atoms with Crippen LogP contribution in [0.4, 0.5) is 0 Å². The minimum atomic E-state index is -4.29. The molecule has 0 fully saturated rings. The molecule has 0 aromatic heterocycles. The lowest BCUT2D eigenvalue weighted by Crippen LogP contribution is -2.11. The van der Waals surface area contributed by atoms with Gasteiger partial charge in [-0.25, -0.2) is 4.79 Å². The molecule has 1 N–H and O–H groups in total. The lowest BCUT2D eigenvalue weighted by Gasteiger charge is -2.23. The van der Waals surface area contributed by atoms with Gasteiger partial charge < -0.3 is 4.74 Å². The summed E-state index contributed by atoms with van der Waals surface area (Å²) in [6.45, 7) is 8.83. The first kappa shape index (κ1) is 21.1. The van der Waals surface area contributed by atoms with Crippen LogP contribution in [0.2, 0.25) is 0 Å². The molecule has 0 amide bonds. The van der Waals surface area contributed by atoms with Gasteiger partial charge in [0.25, 0.3) is 10.1 Å². The molecule has 1 atom stereocenters. The fraction of sp³-hybridized carbons (Fsp3) is 0.381. The number of benzene rings is 2. The smallest absolute Gasteiger partial charge is 0.343 e. The van der Waals surface area contributed by atoms with Crippen LogP contribution in [-0.4, -0.2) is 18.9 Å². The van der Waals surface area contributed by atoms with Gasteiger partial charge in [0.05, 0.1) is 10.5 Å². The van der Waals surface area contributed by atoms with Crippen molar-refractivity contribution in [3.63, 3.8) is 0 Å². The molecule has 1 unspecified atom stereocenters. The van der Waals surface area contributed by atoms with Crippen LogP contribution in [0.15, 0.2) is 53.4 Å². The summed E-state index contributed by atoms with van der Waals surface area (Å²) in [5.74, 6) is 1.40. The van der Waals surface area contributed by atoms with Crippen LogP contribution in [0.3, 0.4) is 0 Å². The number of carbonyl (C=O) groups is 1. The molecule has 2 aromatic rings. The van der Waals surface area contributed by atoms with Crippen molar-refractivity contribution < 1.29 is 22.5 Å². The summed E-state index contributed by atoms with van der Waals surface area (Å²) >= 11 is 0. The van der Waals surface area contributed by atoms with E-state index in [2.05, 4.69) is 27.7 Å². The van der Waals surface area contributed by atoms with Crippen LogP contribution in [-0.2, 0) is 10.1 Å². The lowest BCUT2D eigenvalue weighted by atomic mass is 9.82. The molecule has 0 heterocycles. The van der Waals surface area contributed by atoms with Crippen LogP contribution in [0.1, 0.15) is 56.0 Å². The van der Waals surface area contributed by atoms with E-state index in [1.165, 1.54) is 17.7 Å². The lowest BCUT2D eigenvalue weighted by molar-refractivity contribution is 0.0734. The molecule has 0 spiro atoms. The maximum Gasteiger partial charge on any atom is 0.343 e. The van der Waals surface area contributed by atoms with Gasteiger partial charge in [0, 0.05) is 0 Å². The average Bonchev–Trinajstić information content (AvgIpc) is 2.59. The Balaban J connectivity index is 2.10. The Hall–Kier alpha value is -2.18. The highest BCUT2D eigenvalue weighted by Crippen LogP contribution is 2.32. The Morgan fingerprint density at radius 1 is 0.963 bits per heavy atom. The predicted octanol–water partition coefficient (Wildman–Crippen LogP) is 4.94. The van der Waals surface area contributed by atoms with Gasteiger partial charge in [0.1, 0.15) is 5.75 Å². The number of hydrogen-bond acceptors (Lipinski definition) is 4.